The van der Waals surface area contributed by atoms with Gasteiger partial charge in [-0.3, -0.25) is 4.90 Å². The molecule has 6 nitrogen and oxygen atoms in total. The van der Waals surface area contributed by atoms with Crippen LogP contribution >= 0.6 is 0 Å². The van der Waals surface area contributed by atoms with Crippen molar-refractivity contribution >= 4 is 22.6 Å². The van der Waals surface area contributed by atoms with E-state index in [2.05, 4.69) is 5.10 Å². The summed E-state index contributed by atoms with van der Waals surface area (Å²) in [5.74, 6) is 0.226. The summed E-state index contributed by atoms with van der Waals surface area (Å²) in [5, 5.41) is 15.8. The van der Waals surface area contributed by atoms with Crippen molar-refractivity contribution < 1.29 is 14.3 Å². The first kappa shape index (κ1) is 20.9. The summed E-state index contributed by atoms with van der Waals surface area (Å²) < 4.78 is 15.9. The second-order valence-electron chi connectivity index (χ2n) is 8.99. The molecule has 1 aliphatic heterocycles. The molecular formula is C25H29FN4O2. The molecule has 32 heavy (non-hydrogen) atoms. The summed E-state index contributed by atoms with van der Waals surface area (Å²) in [5.41, 5.74) is 1.88. The van der Waals surface area contributed by atoms with E-state index in [-0.39, 0.29) is 11.8 Å². The first-order valence-electron chi connectivity index (χ1n) is 11.6. The number of urea groups is 1. The molecular weight excluding hydrogens is 407 g/mol. The number of carbonyl (C=O) groups excluding carboxylic acids is 1. The average molecular weight is 437 g/mol. The normalized spacial score (nSPS) is 18.6. The van der Waals surface area contributed by atoms with E-state index in [1.54, 1.807) is 38.9 Å². The molecule has 168 valence electrons. The second kappa shape index (κ2) is 8.90. The van der Waals surface area contributed by atoms with Crippen LogP contribution in [0.5, 0.6) is 0 Å². The molecule has 0 radical (unpaired) electrons. The van der Waals surface area contributed by atoms with Crippen molar-refractivity contribution in [3.05, 3.63) is 54.5 Å². The van der Waals surface area contributed by atoms with E-state index in [9.17, 15) is 14.3 Å². The molecule has 7 heteroatoms. The zero-order valence-corrected chi connectivity index (χ0v) is 18.2. The van der Waals surface area contributed by atoms with Gasteiger partial charge in [0.15, 0.2) is 0 Å². The van der Waals surface area contributed by atoms with E-state index in [0.717, 1.165) is 23.0 Å². The Morgan fingerprint density at radius 3 is 2.62 bits per heavy atom. The molecule has 0 spiro atoms. The van der Waals surface area contributed by atoms with E-state index < -0.39 is 6.10 Å². The molecule has 1 unspecified atom stereocenters. The zero-order chi connectivity index (χ0) is 22.1. The van der Waals surface area contributed by atoms with Crippen LogP contribution < -0.4 is 4.90 Å². The summed E-state index contributed by atoms with van der Waals surface area (Å²) >= 11 is 0. The van der Waals surface area contributed by atoms with Crippen molar-refractivity contribution in [1.82, 2.24) is 14.7 Å². The van der Waals surface area contributed by atoms with Crippen LogP contribution in [0.4, 0.5) is 14.9 Å². The number of aliphatic hydroxyl groups is 1. The number of hydrogen-bond donors (Lipinski definition) is 1. The molecule has 5 rings (SSSR count). The number of hydrogen-bond acceptors (Lipinski definition) is 3. The third-order valence-corrected chi connectivity index (χ3v) is 6.82. The molecule has 2 heterocycles. The van der Waals surface area contributed by atoms with Gasteiger partial charge in [0, 0.05) is 25.0 Å². The quantitative estimate of drug-likeness (QED) is 0.607. The average Bonchev–Trinajstić information content (AvgIpc) is 3.39. The molecule has 1 saturated heterocycles. The fourth-order valence-corrected chi connectivity index (χ4v) is 5.20. The number of amides is 2. The molecule has 1 N–H and O–H groups in total. The number of aromatic nitrogens is 2. The number of aliphatic hydroxyl groups excluding tert-OH is 1. The number of β-amino-alcohol motifs (C(OH)–C–C–N with tert-alkyl or cyclic N) is 1. The highest BCUT2D eigenvalue weighted by molar-refractivity contribution is 6.03. The molecule has 3 aromatic rings. The van der Waals surface area contributed by atoms with E-state index in [0.29, 0.717) is 31.2 Å². The number of fused-ring (bicyclic) bond motifs is 1. The second-order valence-corrected chi connectivity index (χ2v) is 8.99. The van der Waals surface area contributed by atoms with Crippen LogP contribution in [0.1, 0.15) is 38.5 Å². The lowest BCUT2D eigenvalue weighted by Crippen LogP contribution is -2.37. The van der Waals surface area contributed by atoms with Gasteiger partial charge in [-0.15, -0.1) is 0 Å². The van der Waals surface area contributed by atoms with Gasteiger partial charge in [-0.1, -0.05) is 50.3 Å². The molecule has 2 amide bonds. The number of rotatable bonds is 6. The number of anilines is 1. The van der Waals surface area contributed by atoms with Crippen LogP contribution in [0, 0.1) is 11.7 Å². The van der Waals surface area contributed by atoms with Gasteiger partial charge in [-0.05, 0) is 36.6 Å². The van der Waals surface area contributed by atoms with Crippen molar-refractivity contribution in [2.45, 2.75) is 44.6 Å². The molecule has 1 atom stereocenters. The van der Waals surface area contributed by atoms with Crippen LogP contribution in [0.2, 0.25) is 0 Å². The summed E-state index contributed by atoms with van der Waals surface area (Å²) in [4.78, 5) is 16.6. The van der Waals surface area contributed by atoms with Crippen molar-refractivity contribution in [3.8, 4) is 5.69 Å². The highest BCUT2D eigenvalue weighted by Gasteiger charge is 2.32. The molecule has 1 aromatic heterocycles. The molecule has 1 saturated carbocycles. The van der Waals surface area contributed by atoms with Gasteiger partial charge in [0.25, 0.3) is 0 Å². The van der Waals surface area contributed by atoms with E-state index in [1.807, 2.05) is 18.2 Å². The van der Waals surface area contributed by atoms with Gasteiger partial charge >= 0.3 is 6.03 Å². The lowest BCUT2D eigenvalue weighted by atomic mass is 9.85. The molecule has 1 aliphatic carbocycles. The van der Waals surface area contributed by atoms with Crippen LogP contribution in [0.3, 0.4) is 0 Å². The first-order chi connectivity index (χ1) is 15.6. The predicted molar refractivity (Wildman–Crippen MR) is 123 cm³/mol. The maximum Gasteiger partial charge on any atom is 0.324 e. The van der Waals surface area contributed by atoms with Gasteiger partial charge in [0.1, 0.15) is 11.5 Å². The highest BCUT2D eigenvalue weighted by atomic mass is 19.1. The third kappa shape index (κ3) is 3.97. The van der Waals surface area contributed by atoms with Gasteiger partial charge in [-0.25, -0.2) is 13.9 Å². The number of benzene rings is 2. The van der Waals surface area contributed by atoms with Gasteiger partial charge in [-0.2, -0.15) is 5.10 Å². The van der Waals surface area contributed by atoms with E-state index >= 15 is 0 Å². The molecule has 2 aliphatic rings. The van der Waals surface area contributed by atoms with Gasteiger partial charge in [0.05, 0.1) is 23.5 Å². The fourth-order valence-electron chi connectivity index (χ4n) is 5.20. The first-order valence-corrected chi connectivity index (χ1v) is 11.6. The Kier molecular flexibility index (Phi) is 5.83. The lowest BCUT2D eigenvalue weighted by Gasteiger charge is -2.26. The monoisotopic (exact) mass is 436 g/mol. The summed E-state index contributed by atoms with van der Waals surface area (Å²) in [7, 11) is 0. The Morgan fingerprint density at radius 2 is 1.81 bits per heavy atom. The van der Waals surface area contributed by atoms with E-state index in [4.69, 9.17) is 0 Å². The number of halogens is 1. The van der Waals surface area contributed by atoms with Crippen LogP contribution in [-0.4, -0.2) is 51.6 Å². The number of nitrogens with zero attached hydrogens (tertiary/aromatic N) is 4. The summed E-state index contributed by atoms with van der Waals surface area (Å²) in [6.45, 7) is 1.51. The number of para-hydroxylation sites is 1. The van der Waals surface area contributed by atoms with Crippen molar-refractivity contribution in [3.63, 3.8) is 0 Å². The maximum absolute atomic E-state index is 14.3. The predicted octanol–water partition coefficient (Wildman–Crippen LogP) is 4.74. The Balaban J connectivity index is 1.33. The van der Waals surface area contributed by atoms with Gasteiger partial charge < -0.3 is 10.0 Å². The Labute approximate surface area is 187 Å². The Hall–Kier alpha value is -2.93. The van der Waals surface area contributed by atoms with Crippen molar-refractivity contribution in [2.24, 2.45) is 5.92 Å². The standard InChI is InChI=1S/C25H29FN4O2/c26-21-9-4-5-10-24(21)30-23-12-6-11-22(20(23)16-27-30)29-14-13-28(25(29)32)17-19(31)15-18-7-2-1-3-8-18/h4-6,9-12,16,18-19,31H,1-3,7-8,13-15,17H2. The van der Waals surface area contributed by atoms with Crippen LogP contribution in [0.25, 0.3) is 16.6 Å². The minimum atomic E-state index is -0.485. The van der Waals surface area contributed by atoms with Crippen LogP contribution in [-0.2, 0) is 0 Å². The fraction of sp³-hybridized carbons (Fsp3) is 0.440. The van der Waals surface area contributed by atoms with Crippen LogP contribution in [0.15, 0.2) is 48.7 Å². The Morgan fingerprint density at radius 1 is 1.03 bits per heavy atom. The summed E-state index contributed by atoms with van der Waals surface area (Å²) in [6, 6.07) is 12.1. The molecule has 2 fully saturated rings. The largest absolute Gasteiger partial charge is 0.391 e. The van der Waals surface area contributed by atoms with Crippen molar-refractivity contribution in [1.29, 1.82) is 0 Å². The SMILES string of the molecule is O=C1N(CC(O)CC2CCCCC2)CCN1c1cccc2c1cnn2-c1ccccc1F. The molecule has 0 bridgehead atoms. The minimum Gasteiger partial charge on any atom is -0.391 e. The van der Waals surface area contributed by atoms with Gasteiger partial charge in [0.2, 0.25) is 0 Å². The number of carbonyl (C=O) groups is 1. The lowest BCUT2D eigenvalue weighted by molar-refractivity contribution is 0.100. The zero-order valence-electron chi connectivity index (χ0n) is 18.2. The third-order valence-electron chi connectivity index (χ3n) is 6.82. The smallest absolute Gasteiger partial charge is 0.324 e. The Bertz CT molecular complexity index is 1110. The summed E-state index contributed by atoms with van der Waals surface area (Å²) in [6.07, 6.45) is 8.14. The maximum atomic E-state index is 14.3. The highest BCUT2D eigenvalue weighted by Crippen LogP contribution is 2.32. The van der Waals surface area contributed by atoms with Crippen molar-refractivity contribution in [2.75, 3.05) is 24.5 Å². The molecule has 2 aromatic carbocycles. The topological polar surface area (TPSA) is 61.6 Å². The van der Waals surface area contributed by atoms with E-state index in [1.165, 1.54) is 38.2 Å². The minimum absolute atomic E-state index is 0.0983.